The van der Waals surface area contributed by atoms with Gasteiger partial charge in [0.05, 0.1) is 23.6 Å². The lowest BCUT2D eigenvalue weighted by Gasteiger charge is -2.09. The van der Waals surface area contributed by atoms with Crippen molar-refractivity contribution in [2.75, 3.05) is 18.2 Å². The second kappa shape index (κ2) is 6.77. The summed E-state index contributed by atoms with van der Waals surface area (Å²) in [5.74, 6) is -0.895. The molecule has 0 radical (unpaired) electrons. The lowest BCUT2D eigenvalue weighted by Crippen LogP contribution is -2.19. The van der Waals surface area contributed by atoms with E-state index in [4.69, 9.17) is 17.3 Å². The van der Waals surface area contributed by atoms with E-state index < -0.39 is 11.8 Å². The van der Waals surface area contributed by atoms with Crippen LogP contribution in [-0.2, 0) is 9.53 Å². The lowest BCUT2D eigenvalue weighted by atomic mass is 10.3. The van der Waals surface area contributed by atoms with Crippen LogP contribution < -0.4 is 11.1 Å². The van der Waals surface area contributed by atoms with Crippen molar-refractivity contribution in [3.8, 4) is 0 Å². The molecule has 0 aliphatic carbocycles. The van der Waals surface area contributed by atoms with Crippen LogP contribution in [0.2, 0.25) is 5.02 Å². The number of carbonyl (C=O) groups excluding carboxylic acids is 1. The quantitative estimate of drug-likeness (QED) is 0.506. The van der Waals surface area contributed by atoms with E-state index in [9.17, 15) is 9.18 Å². The minimum atomic E-state index is -0.574. The first-order valence-corrected chi connectivity index (χ1v) is 6.46. The van der Waals surface area contributed by atoms with Crippen LogP contribution in [0.3, 0.4) is 0 Å². The Labute approximate surface area is 118 Å². The summed E-state index contributed by atoms with van der Waals surface area (Å²) in [6, 6.07) is 2.56. The predicted octanol–water partition coefficient (Wildman–Crippen LogP) is 2.40. The highest BCUT2D eigenvalue weighted by atomic mass is 35.5. The predicted molar refractivity (Wildman–Crippen MR) is 74.6 cm³/mol. The smallest absolute Gasteiger partial charge is 0.315 e. The molecule has 4 nitrogen and oxygen atoms in total. The summed E-state index contributed by atoms with van der Waals surface area (Å²) < 4.78 is 18.0. The Balaban J connectivity index is 2.90. The third-order valence-corrected chi connectivity index (χ3v) is 3.41. The maximum atomic E-state index is 13.5. The summed E-state index contributed by atoms with van der Waals surface area (Å²) in [6.07, 6.45) is 0. The van der Waals surface area contributed by atoms with Gasteiger partial charge >= 0.3 is 5.97 Å². The van der Waals surface area contributed by atoms with E-state index in [1.165, 1.54) is 13.2 Å². The van der Waals surface area contributed by atoms with Gasteiger partial charge in [0, 0.05) is 4.90 Å². The zero-order chi connectivity index (χ0) is 13.7. The Morgan fingerprint density at radius 3 is 2.89 bits per heavy atom. The van der Waals surface area contributed by atoms with Crippen LogP contribution in [-0.4, -0.2) is 23.9 Å². The molecule has 8 heteroatoms. The van der Waals surface area contributed by atoms with Crippen LogP contribution in [0.4, 0.5) is 10.1 Å². The second-order valence-electron chi connectivity index (χ2n) is 3.12. The van der Waals surface area contributed by atoms with Gasteiger partial charge in [0.2, 0.25) is 0 Å². The largest absolute Gasteiger partial charge is 0.468 e. The van der Waals surface area contributed by atoms with E-state index in [2.05, 4.69) is 22.3 Å². The monoisotopic (exact) mass is 308 g/mol. The topological polar surface area (TPSA) is 64.3 Å². The van der Waals surface area contributed by atoms with E-state index in [1.54, 1.807) is 0 Å². The average molecular weight is 309 g/mol. The van der Waals surface area contributed by atoms with Crippen LogP contribution in [0.1, 0.15) is 0 Å². The van der Waals surface area contributed by atoms with Gasteiger partial charge in [0.25, 0.3) is 0 Å². The average Bonchev–Trinajstić information content (AvgIpc) is 2.30. The summed E-state index contributed by atoms with van der Waals surface area (Å²) in [5, 5.41) is 2.64. The summed E-state index contributed by atoms with van der Waals surface area (Å²) in [4.78, 5) is 11.5. The molecule has 1 aromatic carbocycles. The highest BCUT2D eigenvalue weighted by Gasteiger charge is 2.11. The number of halogens is 2. The van der Waals surface area contributed by atoms with Crippen LogP contribution in [0, 0.1) is 5.82 Å². The molecule has 0 heterocycles. The van der Waals surface area contributed by atoms with Gasteiger partial charge in [0.15, 0.2) is 5.11 Å². The number of rotatable bonds is 4. The third-order valence-electron chi connectivity index (χ3n) is 1.85. The molecule has 0 atom stereocenters. The number of hydrogen-bond acceptors (Lipinski definition) is 4. The van der Waals surface area contributed by atoms with Crippen molar-refractivity contribution in [1.29, 1.82) is 0 Å². The summed E-state index contributed by atoms with van der Waals surface area (Å²) in [6.45, 7) is 0. The zero-order valence-electron chi connectivity index (χ0n) is 9.33. The van der Waals surface area contributed by atoms with Gasteiger partial charge < -0.3 is 15.8 Å². The number of nitrogens with two attached hydrogens (primary N) is 1. The molecule has 0 fully saturated rings. The Morgan fingerprint density at radius 1 is 1.67 bits per heavy atom. The molecule has 0 spiro atoms. The molecule has 3 N–H and O–H groups in total. The van der Waals surface area contributed by atoms with Crippen molar-refractivity contribution < 1.29 is 13.9 Å². The second-order valence-corrected chi connectivity index (χ2v) is 4.98. The highest BCUT2D eigenvalue weighted by molar-refractivity contribution is 8.00. The minimum Gasteiger partial charge on any atom is -0.468 e. The van der Waals surface area contributed by atoms with Gasteiger partial charge in [0.1, 0.15) is 5.82 Å². The lowest BCUT2D eigenvalue weighted by molar-refractivity contribution is -0.137. The SMILES string of the molecule is COC(=O)CSc1cc(NC(N)=S)c(F)cc1Cl. The number of hydrogen-bond donors (Lipinski definition) is 2. The van der Waals surface area contributed by atoms with Crippen molar-refractivity contribution >= 4 is 52.3 Å². The van der Waals surface area contributed by atoms with Crippen LogP contribution in [0.5, 0.6) is 0 Å². The Morgan fingerprint density at radius 2 is 2.33 bits per heavy atom. The number of thiocarbonyl (C=S) groups is 1. The fraction of sp³-hybridized carbons (Fsp3) is 0.200. The van der Waals surface area contributed by atoms with E-state index in [1.807, 2.05) is 0 Å². The minimum absolute atomic E-state index is 0.0554. The standard InChI is InChI=1S/C10H10ClFN2O2S2/c1-16-9(15)4-18-8-3-7(14-10(13)17)6(12)2-5(8)11/h2-3H,4H2,1H3,(H3,13,14,17). The molecule has 0 amide bonds. The zero-order valence-corrected chi connectivity index (χ0v) is 11.7. The number of ether oxygens (including phenoxy) is 1. The molecule has 0 saturated heterocycles. The van der Waals surface area contributed by atoms with Crippen LogP contribution >= 0.6 is 35.6 Å². The van der Waals surface area contributed by atoms with Crippen molar-refractivity contribution in [1.82, 2.24) is 0 Å². The number of methoxy groups -OCH3 is 1. The first-order valence-electron chi connectivity index (χ1n) is 4.69. The summed E-state index contributed by atoms with van der Waals surface area (Å²) >= 11 is 11.6. The van der Waals surface area contributed by atoms with Crippen molar-refractivity contribution in [2.45, 2.75) is 4.90 Å². The molecule has 0 aromatic heterocycles. The molecule has 0 saturated carbocycles. The molecule has 0 aliphatic rings. The van der Waals surface area contributed by atoms with Crippen molar-refractivity contribution in [3.05, 3.63) is 23.0 Å². The third kappa shape index (κ3) is 4.32. The molecule has 98 valence electrons. The molecule has 0 unspecified atom stereocenters. The van der Waals surface area contributed by atoms with E-state index in [0.717, 1.165) is 17.8 Å². The fourth-order valence-electron chi connectivity index (χ4n) is 1.06. The summed E-state index contributed by atoms with van der Waals surface area (Å²) in [5.41, 5.74) is 5.38. The Hall–Kier alpha value is -1.05. The van der Waals surface area contributed by atoms with E-state index >= 15 is 0 Å². The molecule has 1 rings (SSSR count). The highest BCUT2D eigenvalue weighted by Crippen LogP contribution is 2.32. The van der Waals surface area contributed by atoms with Gasteiger partial charge in [-0.15, -0.1) is 11.8 Å². The van der Waals surface area contributed by atoms with Gasteiger partial charge in [-0.3, -0.25) is 4.79 Å². The van der Waals surface area contributed by atoms with Gasteiger partial charge in [-0.1, -0.05) is 11.6 Å². The first-order chi connectivity index (χ1) is 8.43. The Bertz CT molecular complexity index is 485. The number of thioether (sulfide) groups is 1. The number of esters is 1. The van der Waals surface area contributed by atoms with Crippen molar-refractivity contribution in [2.24, 2.45) is 5.73 Å². The Kier molecular flexibility index (Phi) is 5.64. The fourth-order valence-corrected chi connectivity index (χ4v) is 2.28. The molecular weight excluding hydrogens is 299 g/mol. The molecule has 0 bridgehead atoms. The number of carbonyl (C=O) groups is 1. The molecular formula is C10H10ClFN2O2S2. The van der Waals surface area contributed by atoms with Gasteiger partial charge in [-0.05, 0) is 24.4 Å². The van der Waals surface area contributed by atoms with Crippen LogP contribution in [0.15, 0.2) is 17.0 Å². The van der Waals surface area contributed by atoms with E-state index in [0.29, 0.717) is 4.90 Å². The maximum Gasteiger partial charge on any atom is 0.315 e. The molecule has 1 aromatic rings. The van der Waals surface area contributed by atoms with Gasteiger partial charge in [-0.2, -0.15) is 0 Å². The number of anilines is 1. The molecule has 18 heavy (non-hydrogen) atoms. The number of benzene rings is 1. The normalized spacial score (nSPS) is 9.94. The van der Waals surface area contributed by atoms with Crippen molar-refractivity contribution in [3.63, 3.8) is 0 Å². The molecule has 0 aliphatic heterocycles. The first kappa shape index (κ1) is 15.0. The van der Waals surface area contributed by atoms with Gasteiger partial charge in [-0.25, -0.2) is 4.39 Å². The van der Waals surface area contributed by atoms with Crippen LogP contribution in [0.25, 0.3) is 0 Å². The number of nitrogens with one attached hydrogen (secondary N) is 1. The van der Waals surface area contributed by atoms with E-state index in [-0.39, 0.29) is 21.6 Å². The maximum absolute atomic E-state index is 13.5. The summed E-state index contributed by atoms with van der Waals surface area (Å²) in [7, 11) is 1.29.